The van der Waals surface area contributed by atoms with Gasteiger partial charge < -0.3 is 15.2 Å². The molecular weight excluding hydrogens is 262 g/mol. The molecule has 1 aromatic carbocycles. The van der Waals surface area contributed by atoms with Crippen LogP contribution in [0, 0.1) is 0 Å². The first-order valence-electron chi connectivity index (χ1n) is 5.70. The lowest BCUT2D eigenvalue weighted by Gasteiger charge is -2.15. The maximum atomic E-state index is 6.03. The van der Waals surface area contributed by atoms with Crippen LogP contribution in [0.25, 0.3) is 11.1 Å². The molecule has 0 bridgehead atoms. The van der Waals surface area contributed by atoms with Crippen molar-refractivity contribution in [1.29, 1.82) is 0 Å². The number of aryl methyl sites for hydroxylation is 1. The van der Waals surface area contributed by atoms with E-state index in [4.69, 9.17) is 15.2 Å². The van der Waals surface area contributed by atoms with Crippen LogP contribution in [0.2, 0.25) is 0 Å². The molecule has 0 radical (unpaired) electrons. The zero-order valence-corrected chi connectivity index (χ0v) is 12.2. The first-order chi connectivity index (χ1) is 9.13. The molecule has 1 heterocycles. The number of hydrogen-bond donors (Lipinski definition) is 1. The van der Waals surface area contributed by atoms with Crippen LogP contribution in [0.5, 0.6) is 11.5 Å². The van der Waals surface area contributed by atoms with Crippen molar-refractivity contribution < 1.29 is 9.47 Å². The summed E-state index contributed by atoms with van der Waals surface area (Å²) in [5.74, 6) is 2.15. The Labute approximate surface area is 116 Å². The Bertz CT molecular complexity index is 596. The second kappa shape index (κ2) is 5.44. The summed E-state index contributed by atoms with van der Waals surface area (Å²) in [7, 11) is 5.10. The number of anilines is 1. The highest BCUT2D eigenvalue weighted by Gasteiger charge is 2.18. The van der Waals surface area contributed by atoms with Crippen molar-refractivity contribution >= 4 is 17.6 Å². The van der Waals surface area contributed by atoms with Crippen molar-refractivity contribution in [2.75, 3.05) is 26.2 Å². The molecule has 102 valence electrons. The van der Waals surface area contributed by atoms with Crippen molar-refractivity contribution in [2.24, 2.45) is 7.05 Å². The highest BCUT2D eigenvalue weighted by molar-refractivity contribution is 7.98. The van der Waals surface area contributed by atoms with Gasteiger partial charge in [0, 0.05) is 18.2 Å². The maximum Gasteiger partial charge on any atom is 0.144 e. The number of ether oxygens (including phenoxy) is 2. The van der Waals surface area contributed by atoms with E-state index in [1.165, 1.54) is 0 Å². The van der Waals surface area contributed by atoms with Crippen molar-refractivity contribution in [1.82, 2.24) is 9.78 Å². The molecule has 0 atom stereocenters. The monoisotopic (exact) mass is 279 g/mol. The molecule has 0 saturated heterocycles. The molecule has 2 rings (SSSR count). The van der Waals surface area contributed by atoms with E-state index in [-0.39, 0.29) is 0 Å². The molecule has 6 heteroatoms. The summed E-state index contributed by atoms with van der Waals surface area (Å²) in [4.78, 5) is 0.950. The van der Waals surface area contributed by atoms with Gasteiger partial charge in [-0.25, -0.2) is 0 Å². The molecule has 0 unspecified atom stereocenters. The lowest BCUT2D eigenvalue weighted by atomic mass is 10.1. The third kappa shape index (κ3) is 2.23. The smallest absolute Gasteiger partial charge is 0.144 e. The van der Waals surface area contributed by atoms with E-state index in [1.807, 2.05) is 25.4 Å². The number of aromatic nitrogens is 2. The van der Waals surface area contributed by atoms with Gasteiger partial charge in [0.2, 0.25) is 0 Å². The molecule has 1 aromatic heterocycles. The van der Waals surface area contributed by atoms with Crippen molar-refractivity contribution in [3.8, 4) is 22.6 Å². The minimum atomic E-state index is 0.607. The fourth-order valence-electron chi connectivity index (χ4n) is 1.97. The number of nitrogens with zero attached hydrogens (tertiary/aromatic N) is 2. The van der Waals surface area contributed by atoms with Crippen LogP contribution in [0.3, 0.4) is 0 Å². The number of hydrogen-bond acceptors (Lipinski definition) is 5. The highest BCUT2D eigenvalue weighted by Crippen LogP contribution is 2.44. The predicted octanol–water partition coefficient (Wildman–Crippen LogP) is 2.41. The van der Waals surface area contributed by atoms with Crippen LogP contribution in [0.4, 0.5) is 5.82 Å². The zero-order valence-electron chi connectivity index (χ0n) is 11.4. The van der Waals surface area contributed by atoms with Gasteiger partial charge in [0.25, 0.3) is 0 Å². The van der Waals surface area contributed by atoms with Crippen molar-refractivity contribution in [2.45, 2.75) is 4.90 Å². The largest absolute Gasteiger partial charge is 0.495 e. The Morgan fingerprint density at radius 1 is 1.21 bits per heavy atom. The fourth-order valence-corrected chi connectivity index (χ4v) is 2.70. The van der Waals surface area contributed by atoms with Crippen LogP contribution in [-0.4, -0.2) is 30.3 Å². The van der Waals surface area contributed by atoms with Gasteiger partial charge in [-0.1, -0.05) is 0 Å². The summed E-state index contributed by atoms with van der Waals surface area (Å²) >= 11 is 1.57. The topological polar surface area (TPSA) is 62.3 Å². The summed E-state index contributed by atoms with van der Waals surface area (Å²) in [6, 6.07) is 3.85. The van der Waals surface area contributed by atoms with E-state index in [9.17, 15) is 0 Å². The first-order valence-corrected chi connectivity index (χ1v) is 6.93. The first kappa shape index (κ1) is 13.6. The Balaban J connectivity index is 2.67. The van der Waals surface area contributed by atoms with E-state index >= 15 is 0 Å². The summed E-state index contributed by atoms with van der Waals surface area (Å²) in [5, 5.41) is 4.16. The number of rotatable bonds is 4. The minimum Gasteiger partial charge on any atom is -0.495 e. The average Bonchev–Trinajstić information content (AvgIpc) is 2.77. The number of nitrogens with two attached hydrogens (primary N) is 1. The molecule has 0 fully saturated rings. The molecule has 0 aliphatic rings. The van der Waals surface area contributed by atoms with Crippen LogP contribution >= 0.6 is 11.8 Å². The zero-order chi connectivity index (χ0) is 14.0. The summed E-state index contributed by atoms with van der Waals surface area (Å²) in [6.45, 7) is 0. The average molecular weight is 279 g/mol. The summed E-state index contributed by atoms with van der Waals surface area (Å²) < 4.78 is 12.5. The van der Waals surface area contributed by atoms with Crippen LogP contribution in [0.15, 0.2) is 23.2 Å². The van der Waals surface area contributed by atoms with Crippen molar-refractivity contribution in [3.05, 3.63) is 18.3 Å². The molecule has 5 nitrogen and oxygen atoms in total. The molecule has 0 amide bonds. The van der Waals surface area contributed by atoms with Gasteiger partial charge in [0.1, 0.15) is 17.3 Å². The van der Waals surface area contributed by atoms with Gasteiger partial charge in [0.05, 0.1) is 25.3 Å². The van der Waals surface area contributed by atoms with Gasteiger partial charge in [0.15, 0.2) is 0 Å². The fraction of sp³-hybridized carbons (Fsp3) is 0.308. The molecule has 0 saturated carbocycles. The SMILES string of the molecule is COc1ccc(-c2cnn(C)c2N)c(OC)c1SC. The molecule has 0 aliphatic carbocycles. The molecule has 0 aliphatic heterocycles. The lowest BCUT2D eigenvalue weighted by Crippen LogP contribution is -1.99. The summed E-state index contributed by atoms with van der Waals surface area (Å²) in [6.07, 6.45) is 3.72. The minimum absolute atomic E-state index is 0.607. The van der Waals surface area contributed by atoms with Gasteiger partial charge in [-0.15, -0.1) is 11.8 Å². The Hall–Kier alpha value is -1.82. The Morgan fingerprint density at radius 3 is 2.42 bits per heavy atom. The molecular formula is C13H17N3O2S. The normalized spacial score (nSPS) is 10.5. The predicted molar refractivity (Wildman–Crippen MR) is 77.9 cm³/mol. The highest BCUT2D eigenvalue weighted by atomic mass is 32.2. The molecule has 2 N–H and O–H groups in total. The standard InChI is InChI=1S/C13H17N3O2S/c1-16-13(14)9(7-15-16)8-5-6-10(17-2)12(19-4)11(8)18-3/h5-7H,14H2,1-4H3. The molecule has 19 heavy (non-hydrogen) atoms. The quantitative estimate of drug-likeness (QED) is 0.871. The van der Waals surface area contributed by atoms with E-state index < -0.39 is 0 Å². The Morgan fingerprint density at radius 2 is 1.95 bits per heavy atom. The number of nitrogen functional groups attached to an aromatic ring is 1. The third-order valence-electron chi connectivity index (χ3n) is 2.98. The molecule has 0 spiro atoms. The van der Waals surface area contributed by atoms with Crippen LogP contribution < -0.4 is 15.2 Å². The number of thioether (sulfide) groups is 1. The van der Waals surface area contributed by atoms with Gasteiger partial charge in [-0.05, 0) is 18.4 Å². The van der Waals surface area contributed by atoms with E-state index in [0.717, 1.165) is 27.5 Å². The van der Waals surface area contributed by atoms with Gasteiger partial charge >= 0.3 is 0 Å². The number of methoxy groups -OCH3 is 2. The van der Waals surface area contributed by atoms with E-state index in [0.29, 0.717) is 5.82 Å². The van der Waals surface area contributed by atoms with Crippen molar-refractivity contribution in [3.63, 3.8) is 0 Å². The van der Waals surface area contributed by atoms with Crippen LogP contribution in [0.1, 0.15) is 0 Å². The number of benzene rings is 1. The van der Waals surface area contributed by atoms with Crippen LogP contribution in [-0.2, 0) is 7.05 Å². The van der Waals surface area contributed by atoms with Gasteiger partial charge in [-0.3, -0.25) is 4.68 Å². The maximum absolute atomic E-state index is 6.03. The second-order valence-corrected chi connectivity index (χ2v) is 4.77. The van der Waals surface area contributed by atoms with Gasteiger partial charge in [-0.2, -0.15) is 5.10 Å². The molecule has 2 aromatic rings. The lowest BCUT2D eigenvalue weighted by molar-refractivity contribution is 0.378. The third-order valence-corrected chi connectivity index (χ3v) is 3.77. The summed E-state index contributed by atoms with van der Waals surface area (Å²) in [5.41, 5.74) is 7.80. The van der Waals surface area contributed by atoms with E-state index in [1.54, 1.807) is 36.9 Å². The second-order valence-electron chi connectivity index (χ2n) is 3.95. The van der Waals surface area contributed by atoms with E-state index in [2.05, 4.69) is 5.10 Å². The Kier molecular flexibility index (Phi) is 3.90.